The molecule has 0 aliphatic carbocycles. The minimum absolute atomic E-state index is 0.453. The van der Waals surface area contributed by atoms with E-state index in [4.69, 9.17) is 8.85 Å². The Hall–Kier alpha value is -0.886. The topological polar surface area (TPSA) is 38.7 Å². The predicted molar refractivity (Wildman–Crippen MR) is 172 cm³/mol. The monoisotopic (exact) mass is 562 g/mol. The van der Waals surface area contributed by atoms with Gasteiger partial charge in [-0.25, -0.2) is 0 Å². The van der Waals surface area contributed by atoms with Gasteiger partial charge in [0.25, 0.3) is 8.32 Å². The second-order valence-corrected chi connectivity index (χ2v) is 24.8. The van der Waals surface area contributed by atoms with E-state index >= 15 is 0 Å². The average Bonchev–Trinajstić information content (AvgIpc) is 2.75. The lowest BCUT2D eigenvalue weighted by atomic mass is 9.89. The fourth-order valence-electron chi connectivity index (χ4n) is 7.21. The van der Waals surface area contributed by atoms with Crippen LogP contribution in [0.2, 0.25) is 33.2 Å². The van der Waals surface area contributed by atoms with Crippen LogP contribution in [0.15, 0.2) is 29.8 Å². The van der Waals surface area contributed by atoms with Gasteiger partial charge in [-0.1, -0.05) is 107 Å². The molecule has 0 fully saturated rings. The maximum absolute atomic E-state index is 11.7. The summed E-state index contributed by atoms with van der Waals surface area (Å²) in [5.41, 5.74) is 5.32. The molecule has 5 heteroatoms. The molecule has 220 valence electrons. The quantitative estimate of drug-likeness (QED) is 0.171. The molecule has 0 saturated carbocycles. The maximum atomic E-state index is 11.7. The van der Waals surface area contributed by atoms with Crippen molar-refractivity contribution in [2.75, 3.05) is 0 Å². The highest BCUT2D eigenvalue weighted by molar-refractivity contribution is 6.78. The van der Waals surface area contributed by atoms with Crippen molar-refractivity contribution in [2.24, 2.45) is 0 Å². The maximum Gasteiger partial charge on any atom is 0.258 e. The summed E-state index contributed by atoms with van der Waals surface area (Å²) in [5, 5.41) is 11.7. The van der Waals surface area contributed by atoms with Crippen LogP contribution >= 0.6 is 0 Å². The molecule has 1 aromatic carbocycles. The molecule has 0 bridgehead atoms. The molecule has 0 aliphatic rings. The van der Waals surface area contributed by atoms with Gasteiger partial charge >= 0.3 is 0 Å². The third-order valence-corrected chi connectivity index (χ3v) is 21.0. The highest BCUT2D eigenvalue weighted by Gasteiger charge is 2.48. The molecule has 0 aliphatic heterocycles. The zero-order valence-corrected chi connectivity index (χ0v) is 29.7. The van der Waals surface area contributed by atoms with E-state index in [9.17, 15) is 5.11 Å². The summed E-state index contributed by atoms with van der Waals surface area (Å²) >= 11 is 0. The molecule has 0 aromatic heterocycles. The van der Waals surface area contributed by atoms with Crippen LogP contribution in [0.4, 0.5) is 0 Å². The molecule has 1 rings (SSSR count). The first-order chi connectivity index (χ1) is 17.4. The summed E-state index contributed by atoms with van der Waals surface area (Å²) in [5.74, 6) is 0.863. The van der Waals surface area contributed by atoms with Gasteiger partial charge in [0.2, 0.25) is 8.32 Å². The number of aliphatic hydroxyl groups is 1. The van der Waals surface area contributed by atoms with Crippen LogP contribution in [-0.4, -0.2) is 21.7 Å². The van der Waals surface area contributed by atoms with Crippen LogP contribution in [0.1, 0.15) is 128 Å². The highest BCUT2D eigenvalue weighted by Crippen LogP contribution is 2.46. The Labute approximate surface area is 239 Å². The van der Waals surface area contributed by atoms with Gasteiger partial charge in [0.05, 0.1) is 12.2 Å². The minimum Gasteiger partial charge on any atom is -0.542 e. The van der Waals surface area contributed by atoms with Crippen molar-refractivity contribution in [3.05, 3.63) is 41.0 Å². The Morgan fingerprint density at radius 1 is 0.789 bits per heavy atom. The number of rotatable bonds is 15. The van der Waals surface area contributed by atoms with Crippen molar-refractivity contribution in [3.63, 3.8) is 0 Å². The highest BCUT2D eigenvalue weighted by atomic mass is 28.4. The summed E-state index contributed by atoms with van der Waals surface area (Å²) in [7, 11) is -4.21. The first-order valence-electron chi connectivity index (χ1n) is 15.2. The fraction of sp³-hybridized carbons (Fsp3) is 0.758. The summed E-state index contributed by atoms with van der Waals surface area (Å²) in [6.07, 6.45) is 3.71. The summed E-state index contributed by atoms with van der Waals surface area (Å²) in [4.78, 5) is 0. The lowest BCUT2D eigenvalue weighted by Gasteiger charge is -2.44. The lowest BCUT2D eigenvalue weighted by molar-refractivity contribution is 0.0469. The molecular formula is C33H62O3Si2. The molecule has 3 nitrogen and oxygen atoms in total. The zero-order chi connectivity index (χ0) is 29.6. The smallest absolute Gasteiger partial charge is 0.258 e. The number of allylic oxidation sites excluding steroid dienone is 2. The Kier molecular flexibility index (Phi) is 13.1. The van der Waals surface area contributed by atoms with Gasteiger partial charge in [0, 0.05) is 5.56 Å². The van der Waals surface area contributed by atoms with Gasteiger partial charge in [-0.2, -0.15) is 0 Å². The van der Waals surface area contributed by atoms with Crippen LogP contribution in [0.25, 0.3) is 0 Å². The Bertz CT molecular complexity index is 850. The van der Waals surface area contributed by atoms with Crippen molar-refractivity contribution >= 4 is 16.6 Å². The largest absolute Gasteiger partial charge is 0.542 e. The van der Waals surface area contributed by atoms with Gasteiger partial charge < -0.3 is 14.0 Å². The number of benzene rings is 1. The van der Waals surface area contributed by atoms with Crippen molar-refractivity contribution in [1.29, 1.82) is 0 Å². The van der Waals surface area contributed by atoms with E-state index in [0.29, 0.717) is 46.3 Å². The van der Waals surface area contributed by atoms with E-state index in [1.807, 2.05) is 6.92 Å². The summed E-state index contributed by atoms with van der Waals surface area (Å²) in [6, 6.07) is 6.46. The van der Waals surface area contributed by atoms with Gasteiger partial charge in [-0.05, 0) is 78.5 Å². The second kappa shape index (κ2) is 14.1. The Morgan fingerprint density at radius 3 is 1.63 bits per heavy atom. The molecule has 0 amide bonds. The molecule has 1 N–H and O–H groups in total. The molecule has 1 aromatic rings. The van der Waals surface area contributed by atoms with Crippen LogP contribution in [-0.2, 0) is 16.6 Å². The standard InChI is InChI=1S/C33H62O3Si2/c1-23(2)17-16-20-33(15,34)31-19-18-30(22-35-37(24(3)4,25(5)6)26(7)8)21-32(31)36-38(27(9)10,28(11)12)29(13)14/h17-19,21,24-29,34H,16,20,22H2,1-15H3. The molecule has 0 heterocycles. The molecule has 38 heavy (non-hydrogen) atoms. The van der Waals surface area contributed by atoms with Crippen LogP contribution in [0, 0.1) is 0 Å². The first kappa shape index (κ1) is 35.1. The number of hydrogen-bond donors (Lipinski definition) is 1. The van der Waals surface area contributed by atoms with E-state index in [1.54, 1.807) is 0 Å². The molecule has 1 atom stereocenters. The first-order valence-corrected chi connectivity index (χ1v) is 19.5. The zero-order valence-electron chi connectivity index (χ0n) is 27.7. The molecule has 0 radical (unpaired) electrons. The third-order valence-electron chi connectivity index (χ3n) is 9.00. The van der Waals surface area contributed by atoms with Gasteiger partial charge in [0.15, 0.2) is 0 Å². The van der Waals surface area contributed by atoms with Gasteiger partial charge in [0.1, 0.15) is 5.75 Å². The number of hydrogen-bond acceptors (Lipinski definition) is 3. The summed E-state index contributed by atoms with van der Waals surface area (Å²) in [6.45, 7) is 34.7. The van der Waals surface area contributed by atoms with E-state index < -0.39 is 22.2 Å². The average molecular weight is 563 g/mol. The van der Waals surface area contributed by atoms with Crippen molar-refractivity contribution in [2.45, 2.75) is 162 Å². The van der Waals surface area contributed by atoms with Gasteiger partial charge in [-0.15, -0.1) is 0 Å². The molecule has 0 spiro atoms. The van der Waals surface area contributed by atoms with Crippen LogP contribution in [0.3, 0.4) is 0 Å². The normalized spacial score (nSPS) is 14.8. The van der Waals surface area contributed by atoms with E-state index in [1.165, 1.54) is 5.57 Å². The van der Waals surface area contributed by atoms with E-state index in [-0.39, 0.29) is 0 Å². The molecule has 1 unspecified atom stereocenters. The van der Waals surface area contributed by atoms with Crippen molar-refractivity contribution in [1.82, 2.24) is 0 Å². The minimum atomic E-state index is -2.22. The Balaban J connectivity index is 3.65. The lowest BCUT2D eigenvalue weighted by Crippen LogP contribution is -2.51. The van der Waals surface area contributed by atoms with E-state index in [2.05, 4.69) is 121 Å². The predicted octanol–water partition coefficient (Wildman–Crippen LogP) is 10.9. The fourth-order valence-corrected chi connectivity index (χ4v) is 17.9. The van der Waals surface area contributed by atoms with Gasteiger partial charge in [-0.3, -0.25) is 0 Å². The van der Waals surface area contributed by atoms with Crippen molar-refractivity contribution in [3.8, 4) is 5.75 Å². The molecular weight excluding hydrogens is 501 g/mol. The third kappa shape index (κ3) is 7.86. The Morgan fingerprint density at radius 2 is 1.24 bits per heavy atom. The molecule has 0 saturated heterocycles. The van der Waals surface area contributed by atoms with E-state index in [0.717, 1.165) is 23.3 Å². The van der Waals surface area contributed by atoms with Crippen LogP contribution in [0.5, 0.6) is 5.75 Å². The van der Waals surface area contributed by atoms with Crippen LogP contribution < -0.4 is 4.43 Å². The SMILES string of the molecule is CC(C)=CCCC(C)(O)c1ccc(CO[Si](C(C)C)(C(C)C)C(C)C)cc1O[Si](C(C)C)(C(C)C)C(C)C. The van der Waals surface area contributed by atoms with Crippen molar-refractivity contribution < 1.29 is 14.0 Å². The summed E-state index contributed by atoms with van der Waals surface area (Å²) < 4.78 is 14.2. The second-order valence-electron chi connectivity index (χ2n) is 14.0.